The van der Waals surface area contributed by atoms with E-state index in [1.54, 1.807) is 0 Å². The molecule has 152 valence electrons. The number of esters is 1. The SMILES string of the molecule is CCCCCCCCCCCC(C)(C)OC(=O)C1CCCCC1C(=O)O. The first-order valence-electron chi connectivity index (χ1n) is 10.8. The Kier molecular flexibility index (Phi) is 10.9. The maximum absolute atomic E-state index is 12.5. The number of carbonyl (C=O) groups is 2. The second-order valence-electron chi connectivity index (χ2n) is 8.59. The van der Waals surface area contributed by atoms with E-state index in [1.165, 1.54) is 51.4 Å². The van der Waals surface area contributed by atoms with Crippen LogP contribution in [0.25, 0.3) is 0 Å². The highest BCUT2D eigenvalue weighted by atomic mass is 16.6. The summed E-state index contributed by atoms with van der Waals surface area (Å²) in [6.07, 6.45) is 15.4. The largest absolute Gasteiger partial charge is 0.481 e. The number of hydrogen-bond donors (Lipinski definition) is 1. The van der Waals surface area contributed by atoms with Gasteiger partial charge in [0, 0.05) is 0 Å². The van der Waals surface area contributed by atoms with Gasteiger partial charge in [-0.15, -0.1) is 0 Å². The predicted octanol–water partition coefficient (Wildman–Crippen LogP) is 6.12. The van der Waals surface area contributed by atoms with Crippen molar-refractivity contribution in [2.24, 2.45) is 11.8 Å². The molecule has 2 unspecified atom stereocenters. The molecule has 0 aliphatic heterocycles. The van der Waals surface area contributed by atoms with E-state index in [1.807, 2.05) is 13.8 Å². The molecule has 1 rings (SSSR count). The second kappa shape index (κ2) is 12.3. The molecule has 4 heteroatoms. The highest BCUT2D eigenvalue weighted by Gasteiger charge is 2.38. The second-order valence-corrected chi connectivity index (χ2v) is 8.59. The Morgan fingerprint density at radius 3 is 1.92 bits per heavy atom. The van der Waals surface area contributed by atoms with Crippen LogP contribution in [-0.2, 0) is 14.3 Å². The Labute approximate surface area is 160 Å². The summed E-state index contributed by atoms with van der Waals surface area (Å²) in [5.41, 5.74) is -0.501. The molecule has 0 saturated heterocycles. The normalized spacial score (nSPS) is 20.7. The third kappa shape index (κ3) is 9.05. The van der Waals surface area contributed by atoms with Gasteiger partial charge in [-0.05, 0) is 39.5 Å². The molecule has 0 bridgehead atoms. The Bertz CT molecular complexity index is 416. The highest BCUT2D eigenvalue weighted by Crippen LogP contribution is 2.33. The molecule has 4 nitrogen and oxygen atoms in total. The fourth-order valence-corrected chi connectivity index (χ4v) is 3.97. The first-order chi connectivity index (χ1) is 12.4. The van der Waals surface area contributed by atoms with Crippen molar-refractivity contribution in [3.8, 4) is 0 Å². The Hall–Kier alpha value is -1.06. The molecule has 0 aromatic carbocycles. The van der Waals surface area contributed by atoms with Crippen molar-refractivity contribution < 1.29 is 19.4 Å². The summed E-state index contributed by atoms with van der Waals surface area (Å²) in [6.45, 7) is 6.15. The quantitative estimate of drug-likeness (QED) is 0.314. The van der Waals surface area contributed by atoms with Crippen LogP contribution in [0, 0.1) is 11.8 Å². The van der Waals surface area contributed by atoms with Gasteiger partial charge in [0.1, 0.15) is 5.60 Å². The average molecular weight is 369 g/mol. The molecular weight excluding hydrogens is 328 g/mol. The lowest BCUT2D eigenvalue weighted by Crippen LogP contribution is -2.38. The number of aliphatic carboxylic acids is 1. The maximum Gasteiger partial charge on any atom is 0.310 e. The van der Waals surface area contributed by atoms with Crippen LogP contribution in [0.5, 0.6) is 0 Å². The topological polar surface area (TPSA) is 63.6 Å². The van der Waals surface area contributed by atoms with Crippen molar-refractivity contribution in [2.45, 2.75) is 116 Å². The fraction of sp³-hybridized carbons (Fsp3) is 0.909. The molecule has 1 aliphatic rings. The van der Waals surface area contributed by atoms with Gasteiger partial charge in [0.15, 0.2) is 0 Å². The summed E-state index contributed by atoms with van der Waals surface area (Å²) >= 11 is 0. The molecule has 0 spiro atoms. The zero-order valence-electron chi connectivity index (χ0n) is 17.2. The van der Waals surface area contributed by atoms with E-state index in [2.05, 4.69) is 6.92 Å². The van der Waals surface area contributed by atoms with E-state index in [0.29, 0.717) is 12.8 Å². The van der Waals surface area contributed by atoms with Crippen molar-refractivity contribution in [1.82, 2.24) is 0 Å². The molecule has 0 aromatic rings. The number of ether oxygens (including phenoxy) is 1. The Balaban J connectivity index is 2.23. The van der Waals surface area contributed by atoms with Gasteiger partial charge in [0.2, 0.25) is 0 Å². The van der Waals surface area contributed by atoms with Crippen LogP contribution in [0.3, 0.4) is 0 Å². The van der Waals surface area contributed by atoms with E-state index in [9.17, 15) is 14.7 Å². The molecule has 1 aliphatic carbocycles. The predicted molar refractivity (Wildman–Crippen MR) is 105 cm³/mol. The summed E-state index contributed by atoms with van der Waals surface area (Å²) < 4.78 is 5.73. The summed E-state index contributed by atoms with van der Waals surface area (Å²) in [7, 11) is 0. The van der Waals surface area contributed by atoms with Gasteiger partial charge in [0.25, 0.3) is 0 Å². The molecule has 2 atom stereocenters. The van der Waals surface area contributed by atoms with Crippen LogP contribution in [-0.4, -0.2) is 22.6 Å². The summed E-state index contributed by atoms with van der Waals surface area (Å²) in [5.74, 6) is -2.20. The number of carbonyl (C=O) groups excluding carboxylic acids is 1. The summed E-state index contributed by atoms with van der Waals surface area (Å²) in [6, 6.07) is 0. The van der Waals surface area contributed by atoms with Gasteiger partial charge >= 0.3 is 11.9 Å². The van der Waals surface area contributed by atoms with E-state index in [4.69, 9.17) is 4.74 Å². The Morgan fingerprint density at radius 2 is 1.38 bits per heavy atom. The number of hydrogen-bond acceptors (Lipinski definition) is 3. The third-order valence-corrected chi connectivity index (χ3v) is 5.65. The van der Waals surface area contributed by atoms with Crippen molar-refractivity contribution in [2.75, 3.05) is 0 Å². The summed E-state index contributed by atoms with van der Waals surface area (Å²) in [4.78, 5) is 23.9. The molecule has 0 aromatic heterocycles. The highest BCUT2D eigenvalue weighted by molar-refractivity contribution is 5.81. The zero-order chi connectivity index (χ0) is 19.4. The first kappa shape index (κ1) is 23.0. The minimum atomic E-state index is -0.858. The summed E-state index contributed by atoms with van der Waals surface area (Å²) in [5, 5.41) is 9.34. The van der Waals surface area contributed by atoms with Crippen molar-refractivity contribution in [1.29, 1.82) is 0 Å². The molecule has 0 heterocycles. The number of carboxylic acids is 1. The van der Waals surface area contributed by atoms with Gasteiger partial charge in [0.05, 0.1) is 11.8 Å². The molecular formula is C22H40O4. The first-order valence-corrected chi connectivity index (χ1v) is 10.8. The lowest BCUT2D eigenvalue weighted by Gasteiger charge is -2.32. The smallest absolute Gasteiger partial charge is 0.310 e. The molecule has 0 radical (unpaired) electrons. The van der Waals surface area contributed by atoms with Crippen molar-refractivity contribution in [3.63, 3.8) is 0 Å². The zero-order valence-corrected chi connectivity index (χ0v) is 17.2. The molecule has 26 heavy (non-hydrogen) atoms. The average Bonchev–Trinajstić information content (AvgIpc) is 2.59. The van der Waals surface area contributed by atoms with Crippen LogP contribution < -0.4 is 0 Å². The monoisotopic (exact) mass is 368 g/mol. The number of rotatable bonds is 13. The van der Waals surface area contributed by atoms with Gasteiger partial charge < -0.3 is 9.84 Å². The maximum atomic E-state index is 12.5. The van der Waals surface area contributed by atoms with Crippen LogP contribution >= 0.6 is 0 Å². The minimum absolute atomic E-state index is 0.307. The van der Waals surface area contributed by atoms with E-state index >= 15 is 0 Å². The van der Waals surface area contributed by atoms with Crippen LogP contribution in [0.1, 0.15) is 111 Å². The van der Waals surface area contributed by atoms with Gasteiger partial charge in [-0.25, -0.2) is 0 Å². The van der Waals surface area contributed by atoms with Crippen molar-refractivity contribution in [3.05, 3.63) is 0 Å². The van der Waals surface area contributed by atoms with E-state index in [0.717, 1.165) is 25.7 Å². The lowest BCUT2D eigenvalue weighted by molar-refractivity contribution is -0.170. The van der Waals surface area contributed by atoms with E-state index in [-0.39, 0.29) is 5.97 Å². The fourth-order valence-electron chi connectivity index (χ4n) is 3.97. The number of carboxylic acid groups (broad SMARTS) is 1. The van der Waals surface area contributed by atoms with Crippen molar-refractivity contribution >= 4 is 11.9 Å². The van der Waals surface area contributed by atoms with Crippen LogP contribution in [0.2, 0.25) is 0 Å². The third-order valence-electron chi connectivity index (χ3n) is 5.65. The standard InChI is InChI=1S/C22H40O4/c1-4-5-6-7-8-9-10-11-14-17-22(2,3)26-21(25)19-16-13-12-15-18(19)20(23)24/h18-19H,4-17H2,1-3H3,(H,23,24). The van der Waals surface area contributed by atoms with E-state index < -0.39 is 23.4 Å². The molecule has 1 N–H and O–H groups in total. The molecule has 1 saturated carbocycles. The number of unbranched alkanes of at least 4 members (excludes halogenated alkanes) is 8. The van der Waals surface area contributed by atoms with Crippen LogP contribution in [0.4, 0.5) is 0 Å². The van der Waals surface area contributed by atoms with Gasteiger partial charge in [-0.3, -0.25) is 9.59 Å². The molecule has 0 amide bonds. The minimum Gasteiger partial charge on any atom is -0.481 e. The Morgan fingerprint density at radius 1 is 0.885 bits per heavy atom. The van der Waals surface area contributed by atoms with Crippen LogP contribution in [0.15, 0.2) is 0 Å². The van der Waals surface area contributed by atoms with Gasteiger partial charge in [-0.2, -0.15) is 0 Å². The lowest BCUT2D eigenvalue weighted by atomic mass is 9.79. The molecule has 1 fully saturated rings. The van der Waals surface area contributed by atoms with Gasteiger partial charge in [-0.1, -0.05) is 71.1 Å².